The Labute approximate surface area is 149 Å². The standard InChI is InChI=1S/C20H27N3O2/c24-19(23-13-11-17-8-4-5-9-18(17)15-23)14-22-20(25)21-12-10-16-6-2-1-3-7-16/h4-6,8-9H,1-3,7,10-15H2,(H2,21,22,25). The molecular weight excluding hydrogens is 314 g/mol. The highest BCUT2D eigenvalue weighted by Crippen LogP contribution is 2.19. The fourth-order valence-corrected chi connectivity index (χ4v) is 3.51. The van der Waals surface area contributed by atoms with Crippen LogP contribution in [0.3, 0.4) is 0 Å². The zero-order valence-electron chi connectivity index (χ0n) is 14.7. The molecule has 5 nitrogen and oxygen atoms in total. The van der Waals surface area contributed by atoms with Crippen LogP contribution in [0.2, 0.25) is 0 Å². The maximum Gasteiger partial charge on any atom is 0.315 e. The van der Waals surface area contributed by atoms with Crippen molar-refractivity contribution in [2.45, 2.75) is 45.1 Å². The SMILES string of the molecule is O=C(NCCC1=CCCCC1)NCC(=O)N1CCc2ccccc2C1. The third-order valence-electron chi connectivity index (χ3n) is 5.00. The highest BCUT2D eigenvalue weighted by molar-refractivity contribution is 5.84. The van der Waals surface area contributed by atoms with Gasteiger partial charge in [-0.3, -0.25) is 4.79 Å². The third-order valence-corrected chi connectivity index (χ3v) is 5.00. The number of amides is 3. The average molecular weight is 341 g/mol. The number of allylic oxidation sites excluding steroid dienone is 1. The van der Waals surface area contributed by atoms with Gasteiger partial charge in [0, 0.05) is 19.6 Å². The number of nitrogens with zero attached hydrogens (tertiary/aromatic N) is 1. The maximum absolute atomic E-state index is 12.3. The lowest BCUT2D eigenvalue weighted by molar-refractivity contribution is -0.130. The van der Waals surface area contributed by atoms with E-state index in [9.17, 15) is 9.59 Å². The fraction of sp³-hybridized carbons (Fsp3) is 0.500. The minimum atomic E-state index is -0.262. The Morgan fingerprint density at radius 3 is 2.68 bits per heavy atom. The van der Waals surface area contributed by atoms with Gasteiger partial charge in [-0.25, -0.2) is 4.79 Å². The summed E-state index contributed by atoms with van der Waals surface area (Å²) in [6, 6.07) is 7.95. The van der Waals surface area contributed by atoms with Gasteiger partial charge in [-0.1, -0.05) is 35.9 Å². The molecule has 0 fully saturated rings. The largest absolute Gasteiger partial charge is 0.338 e. The summed E-state index contributed by atoms with van der Waals surface area (Å²) in [6.07, 6.45) is 8.92. The zero-order valence-corrected chi connectivity index (χ0v) is 14.7. The molecule has 0 saturated heterocycles. The lowest BCUT2D eigenvalue weighted by Crippen LogP contribution is -2.45. The van der Waals surface area contributed by atoms with E-state index in [1.807, 2.05) is 17.0 Å². The van der Waals surface area contributed by atoms with Crippen molar-refractivity contribution in [1.82, 2.24) is 15.5 Å². The molecule has 0 bridgehead atoms. The van der Waals surface area contributed by atoms with E-state index in [4.69, 9.17) is 0 Å². The van der Waals surface area contributed by atoms with E-state index in [2.05, 4.69) is 28.8 Å². The van der Waals surface area contributed by atoms with Gasteiger partial charge < -0.3 is 15.5 Å². The van der Waals surface area contributed by atoms with Gasteiger partial charge in [0.1, 0.15) is 0 Å². The smallest absolute Gasteiger partial charge is 0.315 e. The van der Waals surface area contributed by atoms with Gasteiger partial charge in [-0.15, -0.1) is 0 Å². The van der Waals surface area contributed by atoms with Crippen molar-refractivity contribution < 1.29 is 9.59 Å². The summed E-state index contributed by atoms with van der Waals surface area (Å²) in [4.78, 5) is 26.0. The van der Waals surface area contributed by atoms with Crippen LogP contribution < -0.4 is 10.6 Å². The van der Waals surface area contributed by atoms with Crippen LogP contribution in [0.4, 0.5) is 4.79 Å². The molecule has 1 heterocycles. The maximum atomic E-state index is 12.3. The number of nitrogens with one attached hydrogen (secondary N) is 2. The molecule has 0 unspecified atom stereocenters. The van der Waals surface area contributed by atoms with Gasteiger partial charge in [0.25, 0.3) is 0 Å². The molecule has 25 heavy (non-hydrogen) atoms. The van der Waals surface area contributed by atoms with Crippen molar-refractivity contribution in [2.75, 3.05) is 19.6 Å². The van der Waals surface area contributed by atoms with E-state index in [1.54, 1.807) is 0 Å². The summed E-state index contributed by atoms with van der Waals surface area (Å²) < 4.78 is 0. The highest BCUT2D eigenvalue weighted by atomic mass is 16.2. The molecule has 1 aliphatic heterocycles. The lowest BCUT2D eigenvalue weighted by Gasteiger charge is -2.29. The first-order valence-electron chi connectivity index (χ1n) is 9.26. The molecule has 2 N–H and O–H groups in total. The summed E-state index contributed by atoms with van der Waals surface area (Å²) in [6.45, 7) is 2.03. The van der Waals surface area contributed by atoms with Gasteiger partial charge in [-0.05, 0) is 49.7 Å². The molecule has 5 heteroatoms. The van der Waals surface area contributed by atoms with Crippen LogP contribution in [0.15, 0.2) is 35.9 Å². The first-order chi connectivity index (χ1) is 12.2. The van der Waals surface area contributed by atoms with Gasteiger partial charge in [-0.2, -0.15) is 0 Å². The number of hydrogen-bond donors (Lipinski definition) is 2. The van der Waals surface area contributed by atoms with Crippen LogP contribution in [0.1, 0.15) is 43.2 Å². The summed E-state index contributed by atoms with van der Waals surface area (Å²) in [5, 5.41) is 5.52. The number of urea groups is 1. The second-order valence-corrected chi connectivity index (χ2v) is 6.80. The number of fused-ring (bicyclic) bond motifs is 1. The quantitative estimate of drug-likeness (QED) is 0.809. The number of benzene rings is 1. The van der Waals surface area contributed by atoms with Crippen LogP contribution in [-0.2, 0) is 17.8 Å². The molecule has 1 aromatic carbocycles. The van der Waals surface area contributed by atoms with E-state index in [0.717, 1.165) is 25.7 Å². The molecule has 3 rings (SSSR count). The normalized spacial score (nSPS) is 16.6. The number of hydrogen-bond acceptors (Lipinski definition) is 2. The first kappa shape index (κ1) is 17.5. The van der Waals surface area contributed by atoms with E-state index in [-0.39, 0.29) is 18.5 Å². The van der Waals surface area contributed by atoms with Crippen molar-refractivity contribution >= 4 is 11.9 Å². The predicted octanol–water partition coefficient (Wildman–Crippen LogP) is 2.76. The molecule has 2 aliphatic rings. The Balaban J connectivity index is 1.36. The fourth-order valence-electron chi connectivity index (χ4n) is 3.51. The zero-order chi connectivity index (χ0) is 17.5. The van der Waals surface area contributed by atoms with Crippen molar-refractivity contribution in [1.29, 1.82) is 0 Å². The monoisotopic (exact) mass is 341 g/mol. The van der Waals surface area contributed by atoms with Crippen molar-refractivity contribution in [3.63, 3.8) is 0 Å². The number of carbonyl (C=O) groups is 2. The van der Waals surface area contributed by atoms with E-state index >= 15 is 0 Å². The Kier molecular flexibility index (Phi) is 6.09. The summed E-state index contributed by atoms with van der Waals surface area (Å²) in [7, 11) is 0. The summed E-state index contributed by atoms with van der Waals surface area (Å²) >= 11 is 0. The molecule has 0 radical (unpaired) electrons. The lowest BCUT2D eigenvalue weighted by atomic mass is 9.97. The van der Waals surface area contributed by atoms with E-state index in [0.29, 0.717) is 19.6 Å². The molecule has 0 spiro atoms. The van der Waals surface area contributed by atoms with Crippen molar-refractivity contribution in [3.8, 4) is 0 Å². The second kappa shape index (κ2) is 8.70. The van der Waals surface area contributed by atoms with E-state index < -0.39 is 0 Å². The van der Waals surface area contributed by atoms with Crippen molar-refractivity contribution in [2.24, 2.45) is 0 Å². The molecular formula is C20H27N3O2. The Bertz CT molecular complexity index is 654. The second-order valence-electron chi connectivity index (χ2n) is 6.80. The highest BCUT2D eigenvalue weighted by Gasteiger charge is 2.20. The minimum absolute atomic E-state index is 0.0281. The average Bonchev–Trinajstić information content (AvgIpc) is 2.66. The van der Waals surface area contributed by atoms with Crippen LogP contribution >= 0.6 is 0 Å². The number of carbonyl (C=O) groups excluding carboxylic acids is 2. The molecule has 0 saturated carbocycles. The Morgan fingerprint density at radius 2 is 1.88 bits per heavy atom. The topological polar surface area (TPSA) is 61.4 Å². The van der Waals surface area contributed by atoms with Gasteiger partial charge in [0.15, 0.2) is 0 Å². The Morgan fingerprint density at radius 1 is 1.04 bits per heavy atom. The van der Waals surface area contributed by atoms with Crippen LogP contribution in [0.5, 0.6) is 0 Å². The predicted molar refractivity (Wildman–Crippen MR) is 98.1 cm³/mol. The van der Waals surface area contributed by atoms with Crippen molar-refractivity contribution in [3.05, 3.63) is 47.0 Å². The van der Waals surface area contributed by atoms with Crippen LogP contribution in [-0.4, -0.2) is 36.5 Å². The molecule has 0 atom stereocenters. The van der Waals surface area contributed by atoms with Gasteiger partial charge >= 0.3 is 6.03 Å². The first-order valence-corrected chi connectivity index (χ1v) is 9.26. The summed E-state index contributed by atoms with van der Waals surface area (Å²) in [5.41, 5.74) is 3.95. The molecule has 134 valence electrons. The van der Waals surface area contributed by atoms with Gasteiger partial charge in [0.2, 0.25) is 5.91 Å². The molecule has 1 aromatic rings. The molecule has 0 aromatic heterocycles. The van der Waals surface area contributed by atoms with E-state index in [1.165, 1.54) is 29.5 Å². The third kappa shape index (κ3) is 5.08. The minimum Gasteiger partial charge on any atom is -0.338 e. The van der Waals surface area contributed by atoms with Crippen LogP contribution in [0.25, 0.3) is 0 Å². The number of rotatable bonds is 5. The van der Waals surface area contributed by atoms with Crippen LogP contribution in [0, 0.1) is 0 Å². The molecule has 1 aliphatic carbocycles. The summed E-state index contributed by atoms with van der Waals surface area (Å²) in [5.74, 6) is -0.0281. The molecule has 3 amide bonds. The van der Waals surface area contributed by atoms with Gasteiger partial charge in [0.05, 0.1) is 6.54 Å². The Hall–Kier alpha value is -2.30.